The van der Waals surface area contributed by atoms with E-state index in [-0.39, 0.29) is 29.7 Å². The molecule has 0 heterocycles. The predicted molar refractivity (Wildman–Crippen MR) is 47.0 cm³/mol. The summed E-state index contributed by atoms with van der Waals surface area (Å²) in [4.78, 5) is 11.0. The first kappa shape index (κ1) is 9.81. The minimum atomic E-state index is -0.0445. The SMILES string of the molecule is COC(=O)[C@@H]1CC12CC(N)C2.Cl. The van der Waals surface area contributed by atoms with E-state index in [1.54, 1.807) is 0 Å². The van der Waals surface area contributed by atoms with Crippen LogP contribution in [0.4, 0.5) is 0 Å². The number of carbonyl (C=O) groups is 1. The molecular formula is C8H14ClNO2. The third-order valence-electron chi connectivity index (χ3n) is 3.01. The van der Waals surface area contributed by atoms with Gasteiger partial charge in [0.2, 0.25) is 0 Å². The van der Waals surface area contributed by atoms with Gasteiger partial charge in [-0.3, -0.25) is 4.79 Å². The van der Waals surface area contributed by atoms with Crippen molar-refractivity contribution in [3.63, 3.8) is 0 Å². The highest BCUT2D eigenvalue weighted by molar-refractivity contribution is 5.85. The molecule has 0 unspecified atom stereocenters. The van der Waals surface area contributed by atoms with Crippen LogP contribution in [0, 0.1) is 11.3 Å². The zero-order valence-corrected chi connectivity index (χ0v) is 7.89. The summed E-state index contributed by atoms with van der Waals surface area (Å²) >= 11 is 0. The maximum absolute atomic E-state index is 11.0. The fraction of sp³-hybridized carbons (Fsp3) is 0.875. The largest absolute Gasteiger partial charge is 0.469 e. The van der Waals surface area contributed by atoms with Crippen LogP contribution >= 0.6 is 12.4 Å². The normalized spacial score (nSPS) is 42.8. The van der Waals surface area contributed by atoms with Gasteiger partial charge in [-0.2, -0.15) is 0 Å². The molecule has 2 rings (SSSR count). The lowest BCUT2D eigenvalue weighted by molar-refractivity contribution is -0.143. The van der Waals surface area contributed by atoms with Crippen LogP contribution in [-0.2, 0) is 9.53 Å². The average Bonchev–Trinajstić information content (AvgIpc) is 2.61. The molecule has 0 bridgehead atoms. The zero-order valence-electron chi connectivity index (χ0n) is 7.08. The second-order valence-electron chi connectivity index (χ2n) is 3.81. The number of esters is 1. The molecule has 1 spiro atoms. The van der Waals surface area contributed by atoms with Crippen molar-refractivity contribution >= 4 is 18.4 Å². The van der Waals surface area contributed by atoms with E-state index in [0.717, 1.165) is 19.3 Å². The van der Waals surface area contributed by atoms with Crippen LogP contribution in [0.25, 0.3) is 0 Å². The highest BCUT2D eigenvalue weighted by atomic mass is 35.5. The van der Waals surface area contributed by atoms with Gasteiger partial charge < -0.3 is 10.5 Å². The first-order valence-electron chi connectivity index (χ1n) is 4.01. The molecule has 0 amide bonds. The fourth-order valence-corrected chi connectivity index (χ4v) is 2.26. The van der Waals surface area contributed by atoms with Gasteiger partial charge in [0.25, 0.3) is 0 Å². The third kappa shape index (κ3) is 1.21. The Kier molecular flexibility index (Phi) is 2.36. The Balaban J connectivity index is 0.000000720. The molecule has 2 aliphatic carbocycles. The number of carbonyl (C=O) groups excluding carboxylic acids is 1. The van der Waals surface area contributed by atoms with Gasteiger partial charge in [0.05, 0.1) is 13.0 Å². The molecule has 0 aromatic rings. The smallest absolute Gasteiger partial charge is 0.309 e. The number of rotatable bonds is 1. The van der Waals surface area contributed by atoms with Gasteiger partial charge in [0, 0.05) is 6.04 Å². The summed E-state index contributed by atoms with van der Waals surface area (Å²) in [5, 5.41) is 0. The number of nitrogens with two attached hydrogens (primary N) is 1. The van der Waals surface area contributed by atoms with Crippen LogP contribution in [0.3, 0.4) is 0 Å². The summed E-state index contributed by atoms with van der Waals surface area (Å²) < 4.78 is 4.66. The average molecular weight is 192 g/mol. The number of methoxy groups -OCH3 is 1. The van der Waals surface area contributed by atoms with Crippen LogP contribution in [0.15, 0.2) is 0 Å². The van der Waals surface area contributed by atoms with Crippen LogP contribution in [0.2, 0.25) is 0 Å². The molecule has 2 saturated carbocycles. The molecule has 0 radical (unpaired) electrons. The first-order chi connectivity index (χ1) is 5.18. The molecule has 12 heavy (non-hydrogen) atoms. The Bertz CT molecular complexity index is 201. The number of hydrogen-bond acceptors (Lipinski definition) is 3. The molecule has 4 heteroatoms. The van der Waals surface area contributed by atoms with E-state index in [9.17, 15) is 4.79 Å². The lowest BCUT2D eigenvalue weighted by atomic mass is 9.76. The maximum Gasteiger partial charge on any atom is 0.309 e. The lowest BCUT2D eigenvalue weighted by Crippen LogP contribution is -2.39. The topological polar surface area (TPSA) is 52.3 Å². The van der Waals surface area contributed by atoms with Gasteiger partial charge >= 0.3 is 5.97 Å². The molecule has 0 saturated heterocycles. The Morgan fingerprint density at radius 3 is 2.50 bits per heavy atom. The highest BCUT2D eigenvalue weighted by Crippen LogP contribution is 2.65. The predicted octanol–water partition coefficient (Wildman–Crippen LogP) is 0.709. The summed E-state index contributed by atoms with van der Waals surface area (Å²) in [5.74, 6) is 0.129. The first-order valence-corrected chi connectivity index (χ1v) is 4.01. The molecule has 3 nitrogen and oxygen atoms in total. The summed E-state index contributed by atoms with van der Waals surface area (Å²) in [6.45, 7) is 0. The standard InChI is InChI=1S/C8H13NO2.ClH/c1-11-7(10)6-4-8(6)2-5(9)3-8;/h5-6H,2-4,9H2,1H3;1H/t5?,6-,8?;/m0./s1. The van der Waals surface area contributed by atoms with Crippen molar-refractivity contribution in [2.75, 3.05) is 7.11 Å². The van der Waals surface area contributed by atoms with Crippen molar-refractivity contribution < 1.29 is 9.53 Å². The van der Waals surface area contributed by atoms with E-state index in [1.165, 1.54) is 7.11 Å². The van der Waals surface area contributed by atoms with E-state index in [0.29, 0.717) is 6.04 Å². The van der Waals surface area contributed by atoms with E-state index in [4.69, 9.17) is 5.73 Å². The Morgan fingerprint density at radius 2 is 2.08 bits per heavy atom. The fourth-order valence-electron chi connectivity index (χ4n) is 2.26. The number of ether oxygens (including phenoxy) is 1. The molecular weight excluding hydrogens is 178 g/mol. The van der Waals surface area contributed by atoms with Crippen molar-refractivity contribution in [3.8, 4) is 0 Å². The molecule has 70 valence electrons. The van der Waals surface area contributed by atoms with Crippen LogP contribution in [-0.4, -0.2) is 19.1 Å². The van der Waals surface area contributed by atoms with Gasteiger partial charge in [0.1, 0.15) is 0 Å². The Morgan fingerprint density at radius 1 is 1.50 bits per heavy atom. The molecule has 0 aromatic heterocycles. The van der Waals surface area contributed by atoms with E-state index >= 15 is 0 Å². The molecule has 0 aromatic carbocycles. The highest BCUT2D eigenvalue weighted by Gasteiger charge is 2.64. The van der Waals surface area contributed by atoms with Crippen LogP contribution < -0.4 is 5.73 Å². The van der Waals surface area contributed by atoms with E-state index < -0.39 is 0 Å². The van der Waals surface area contributed by atoms with E-state index in [2.05, 4.69) is 4.74 Å². The van der Waals surface area contributed by atoms with Crippen LogP contribution in [0.1, 0.15) is 19.3 Å². The van der Waals surface area contributed by atoms with Crippen molar-refractivity contribution in [1.29, 1.82) is 0 Å². The maximum atomic E-state index is 11.0. The van der Waals surface area contributed by atoms with Crippen LogP contribution in [0.5, 0.6) is 0 Å². The molecule has 2 aliphatic rings. The molecule has 2 N–H and O–H groups in total. The number of halogens is 1. The molecule has 1 atom stereocenters. The molecule has 2 fully saturated rings. The van der Waals surface area contributed by atoms with E-state index in [1.807, 2.05) is 0 Å². The third-order valence-corrected chi connectivity index (χ3v) is 3.01. The summed E-state index contributed by atoms with van der Waals surface area (Å²) in [5.41, 5.74) is 5.93. The van der Waals surface area contributed by atoms with Crippen molar-refractivity contribution in [1.82, 2.24) is 0 Å². The summed E-state index contributed by atoms with van der Waals surface area (Å²) in [6.07, 6.45) is 3.05. The van der Waals surface area contributed by atoms with Gasteiger partial charge in [0.15, 0.2) is 0 Å². The number of hydrogen-bond donors (Lipinski definition) is 1. The molecule has 0 aliphatic heterocycles. The minimum absolute atomic E-state index is 0. The van der Waals surface area contributed by atoms with Gasteiger partial charge in [-0.05, 0) is 24.7 Å². The van der Waals surface area contributed by atoms with Gasteiger partial charge in [-0.25, -0.2) is 0 Å². The van der Waals surface area contributed by atoms with Crippen molar-refractivity contribution in [2.24, 2.45) is 17.1 Å². The summed E-state index contributed by atoms with van der Waals surface area (Å²) in [6, 6.07) is 0.338. The monoisotopic (exact) mass is 191 g/mol. The Hall–Kier alpha value is -0.280. The minimum Gasteiger partial charge on any atom is -0.469 e. The van der Waals surface area contributed by atoms with Gasteiger partial charge in [-0.15, -0.1) is 12.4 Å². The quantitative estimate of drug-likeness (QED) is 0.622. The van der Waals surface area contributed by atoms with Crippen molar-refractivity contribution in [2.45, 2.75) is 25.3 Å². The van der Waals surface area contributed by atoms with Crippen molar-refractivity contribution in [3.05, 3.63) is 0 Å². The van der Waals surface area contributed by atoms with Gasteiger partial charge in [-0.1, -0.05) is 0 Å². The summed E-state index contributed by atoms with van der Waals surface area (Å²) in [7, 11) is 1.45. The second kappa shape index (κ2) is 2.89. The Labute approximate surface area is 78.1 Å². The lowest BCUT2D eigenvalue weighted by Gasteiger charge is -2.33. The second-order valence-corrected chi connectivity index (χ2v) is 3.81. The zero-order chi connectivity index (χ0) is 8.06.